The summed E-state index contributed by atoms with van der Waals surface area (Å²) >= 11 is 9.55. The molecule has 0 spiro atoms. The summed E-state index contributed by atoms with van der Waals surface area (Å²) in [5, 5.41) is 0.737. The minimum absolute atomic E-state index is 0.0738. The Labute approximate surface area is 139 Å². The Morgan fingerprint density at radius 2 is 2.00 bits per heavy atom. The standard InChI is InChI=1S/C17H19BrClNO/c1-3-16(20)17(12-5-4-6-13(18)10-12)21-14-7-8-15(19)11(2)9-14/h4-10,16-17H,3,20H2,1-2H3. The van der Waals surface area contributed by atoms with Gasteiger partial charge in [0.25, 0.3) is 0 Å². The molecule has 0 saturated heterocycles. The molecule has 2 nitrogen and oxygen atoms in total. The highest BCUT2D eigenvalue weighted by Gasteiger charge is 2.21. The molecule has 0 heterocycles. The van der Waals surface area contributed by atoms with Crippen molar-refractivity contribution in [3.05, 3.63) is 63.1 Å². The summed E-state index contributed by atoms with van der Waals surface area (Å²) in [5.74, 6) is 0.783. The van der Waals surface area contributed by atoms with Crippen molar-refractivity contribution in [3.8, 4) is 5.75 Å². The van der Waals surface area contributed by atoms with Crippen LogP contribution in [-0.4, -0.2) is 6.04 Å². The van der Waals surface area contributed by atoms with E-state index >= 15 is 0 Å². The summed E-state index contributed by atoms with van der Waals surface area (Å²) in [7, 11) is 0. The molecule has 2 rings (SSSR count). The van der Waals surface area contributed by atoms with Gasteiger partial charge in [0.2, 0.25) is 0 Å². The molecule has 0 aliphatic heterocycles. The first-order valence-corrected chi connectivity index (χ1v) is 8.12. The maximum absolute atomic E-state index is 6.25. The van der Waals surface area contributed by atoms with Gasteiger partial charge in [-0.3, -0.25) is 0 Å². The number of ether oxygens (including phenoxy) is 1. The van der Waals surface area contributed by atoms with Gasteiger partial charge in [-0.1, -0.05) is 46.6 Å². The first kappa shape index (κ1) is 16.3. The lowest BCUT2D eigenvalue weighted by molar-refractivity contribution is 0.171. The number of nitrogens with two attached hydrogens (primary N) is 1. The zero-order valence-electron chi connectivity index (χ0n) is 12.1. The summed E-state index contributed by atoms with van der Waals surface area (Å²) < 4.78 is 7.16. The topological polar surface area (TPSA) is 35.2 Å². The van der Waals surface area contributed by atoms with Crippen LogP contribution in [0.4, 0.5) is 0 Å². The third-order valence-electron chi connectivity index (χ3n) is 3.43. The Morgan fingerprint density at radius 3 is 2.62 bits per heavy atom. The smallest absolute Gasteiger partial charge is 0.139 e. The van der Waals surface area contributed by atoms with E-state index in [1.54, 1.807) is 0 Å². The molecular formula is C17H19BrClNO. The second-order valence-electron chi connectivity index (χ2n) is 5.08. The van der Waals surface area contributed by atoms with Crippen LogP contribution in [0.3, 0.4) is 0 Å². The van der Waals surface area contributed by atoms with Gasteiger partial charge in [0, 0.05) is 15.5 Å². The minimum atomic E-state index is -0.187. The molecule has 2 aromatic rings. The van der Waals surface area contributed by atoms with Crippen LogP contribution in [-0.2, 0) is 0 Å². The Bertz CT molecular complexity index is 617. The Hall–Kier alpha value is -1.03. The van der Waals surface area contributed by atoms with Gasteiger partial charge in [-0.05, 0) is 54.8 Å². The average molecular weight is 369 g/mol. The summed E-state index contributed by atoms with van der Waals surface area (Å²) in [6.07, 6.45) is 0.650. The van der Waals surface area contributed by atoms with E-state index in [0.717, 1.165) is 32.8 Å². The predicted molar refractivity (Wildman–Crippen MR) is 92.0 cm³/mol. The van der Waals surface area contributed by atoms with Gasteiger partial charge < -0.3 is 10.5 Å². The maximum atomic E-state index is 6.25. The first-order chi connectivity index (χ1) is 10.0. The number of aryl methyl sites for hydroxylation is 1. The molecule has 0 bridgehead atoms. The predicted octanol–water partition coefficient (Wildman–Crippen LogP) is 5.27. The number of halogens is 2. The van der Waals surface area contributed by atoms with Gasteiger partial charge in [0.15, 0.2) is 0 Å². The van der Waals surface area contributed by atoms with E-state index < -0.39 is 0 Å². The van der Waals surface area contributed by atoms with Crippen LogP contribution in [0.5, 0.6) is 5.75 Å². The summed E-state index contributed by atoms with van der Waals surface area (Å²) in [4.78, 5) is 0. The van der Waals surface area contributed by atoms with Gasteiger partial charge in [0.05, 0.1) is 0 Å². The van der Waals surface area contributed by atoms with E-state index in [-0.39, 0.29) is 12.1 Å². The molecule has 2 unspecified atom stereocenters. The molecule has 2 atom stereocenters. The van der Waals surface area contributed by atoms with E-state index in [2.05, 4.69) is 22.9 Å². The summed E-state index contributed by atoms with van der Waals surface area (Å²) in [6.45, 7) is 4.02. The number of rotatable bonds is 5. The fourth-order valence-corrected chi connectivity index (χ4v) is 2.67. The van der Waals surface area contributed by atoms with Crippen LogP contribution in [0.2, 0.25) is 5.02 Å². The van der Waals surface area contributed by atoms with Crippen molar-refractivity contribution in [1.82, 2.24) is 0 Å². The Kier molecular flexibility index (Phi) is 5.68. The van der Waals surface area contributed by atoms with Crippen molar-refractivity contribution < 1.29 is 4.74 Å². The van der Waals surface area contributed by atoms with Gasteiger partial charge in [-0.2, -0.15) is 0 Å². The molecule has 0 saturated carbocycles. The molecule has 2 aromatic carbocycles. The second-order valence-corrected chi connectivity index (χ2v) is 6.40. The Balaban J connectivity index is 2.30. The van der Waals surface area contributed by atoms with E-state index in [1.807, 2.05) is 49.4 Å². The second kappa shape index (κ2) is 7.30. The molecule has 0 radical (unpaired) electrons. The van der Waals surface area contributed by atoms with Crippen LogP contribution >= 0.6 is 27.5 Å². The molecule has 4 heteroatoms. The third-order valence-corrected chi connectivity index (χ3v) is 4.35. The summed E-state index contributed by atoms with van der Waals surface area (Å²) in [5.41, 5.74) is 8.30. The maximum Gasteiger partial charge on any atom is 0.139 e. The van der Waals surface area contributed by atoms with Crippen molar-refractivity contribution in [2.24, 2.45) is 5.73 Å². The molecule has 0 aliphatic rings. The van der Waals surface area contributed by atoms with Crippen molar-refractivity contribution in [2.75, 3.05) is 0 Å². The van der Waals surface area contributed by atoms with E-state index in [4.69, 9.17) is 22.1 Å². The minimum Gasteiger partial charge on any atom is -0.484 e. The lowest BCUT2D eigenvalue weighted by Crippen LogP contribution is -2.31. The van der Waals surface area contributed by atoms with E-state index in [9.17, 15) is 0 Å². The highest BCUT2D eigenvalue weighted by Crippen LogP contribution is 2.29. The molecule has 21 heavy (non-hydrogen) atoms. The highest BCUT2D eigenvalue weighted by atomic mass is 79.9. The van der Waals surface area contributed by atoms with Crippen molar-refractivity contribution in [2.45, 2.75) is 32.4 Å². The number of hydrogen-bond donors (Lipinski definition) is 1. The fourth-order valence-electron chi connectivity index (χ4n) is 2.14. The summed E-state index contributed by atoms with van der Waals surface area (Å²) in [6, 6.07) is 13.7. The molecule has 2 N–H and O–H groups in total. The highest BCUT2D eigenvalue weighted by molar-refractivity contribution is 9.10. The lowest BCUT2D eigenvalue weighted by atomic mass is 10.0. The monoisotopic (exact) mass is 367 g/mol. The molecular weight excluding hydrogens is 350 g/mol. The van der Waals surface area contributed by atoms with Crippen LogP contribution in [0.15, 0.2) is 46.9 Å². The van der Waals surface area contributed by atoms with Crippen molar-refractivity contribution >= 4 is 27.5 Å². The van der Waals surface area contributed by atoms with Crippen molar-refractivity contribution in [1.29, 1.82) is 0 Å². The molecule has 112 valence electrons. The molecule has 0 aromatic heterocycles. The normalized spacial score (nSPS) is 13.8. The molecule has 0 aliphatic carbocycles. The molecule has 0 fully saturated rings. The SMILES string of the molecule is CCC(N)C(Oc1ccc(Cl)c(C)c1)c1cccc(Br)c1. The van der Waals surface area contributed by atoms with Crippen LogP contribution in [0.25, 0.3) is 0 Å². The molecule has 0 amide bonds. The number of benzene rings is 2. The zero-order valence-corrected chi connectivity index (χ0v) is 14.5. The third kappa shape index (κ3) is 4.22. The van der Waals surface area contributed by atoms with Gasteiger partial charge in [-0.25, -0.2) is 0 Å². The largest absolute Gasteiger partial charge is 0.484 e. The van der Waals surface area contributed by atoms with E-state index in [0.29, 0.717) is 0 Å². The van der Waals surface area contributed by atoms with Gasteiger partial charge in [0.1, 0.15) is 11.9 Å². The zero-order chi connectivity index (χ0) is 15.4. The first-order valence-electron chi connectivity index (χ1n) is 6.95. The lowest BCUT2D eigenvalue weighted by Gasteiger charge is -2.25. The van der Waals surface area contributed by atoms with Gasteiger partial charge >= 0.3 is 0 Å². The van der Waals surface area contributed by atoms with Crippen LogP contribution in [0.1, 0.15) is 30.6 Å². The average Bonchev–Trinajstić information content (AvgIpc) is 2.47. The fraction of sp³-hybridized carbons (Fsp3) is 0.294. The Morgan fingerprint density at radius 1 is 1.24 bits per heavy atom. The van der Waals surface area contributed by atoms with Crippen molar-refractivity contribution in [3.63, 3.8) is 0 Å². The quantitative estimate of drug-likeness (QED) is 0.780. The van der Waals surface area contributed by atoms with Crippen LogP contribution in [0, 0.1) is 6.92 Å². The van der Waals surface area contributed by atoms with E-state index in [1.165, 1.54) is 0 Å². The van der Waals surface area contributed by atoms with Crippen LogP contribution < -0.4 is 10.5 Å². The van der Waals surface area contributed by atoms with Gasteiger partial charge in [-0.15, -0.1) is 0 Å². The number of hydrogen-bond acceptors (Lipinski definition) is 2.